The number of amides is 3. The number of nitrogens with one attached hydrogen (secondary N) is 1. The second-order valence-electron chi connectivity index (χ2n) is 8.90. The van der Waals surface area contributed by atoms with E-state index in [0.29, 0.717) is 19.5 Å². The quantitative estimate of drug-likeness (QED) is 0.629. The molecule has 8 nitrogen and oxygen atoms in total. The van der Waals surface area contributed by atoms with E-state index in [4.69, 9.17) is 9.90 Å². The summed E-state index contributed by atoms with van der Waals surface area (Å²) < 4.78 is 31.7. The van der Waals surface area contributed by atoms with Crippen LogP contribution in [0.25, 0.3) is 0 Å². The number of anilines is 1. The molecular formula is C24H29F3N4O4S. The number of hydrogen-bond acceptors (Lipinski definition) is 5. The van der Waals surface area contributed by atoms with E-state index in [0.717, 1.165) is 38.4 Å². The van der Waals surface area contributed by atoms with Crippen molar-refractivity contribution in [1.29, 1.82) is 0 Å². The maximum atomic E-state index is 13.0. The lowest BCUT2D eigenvalue weighted by atomic mass is 9.86. The third kappa shape index (κ3) is 7.44. The van der Waals surface area contributed by atoms with Crippen molar-refractivity contribution in [3.63, 3.8) is 0 Å². The van der Waals surface area contributed by atoms with Crippen molar-refractivity contribution in [3.8, 4) is 0 Å². The van der Waals surface area contributed by atoms with Gasteiger partial charge in [-0.05, 0) is 30.5 Å². The van der Waals surface area contributed by atoms with Crippen molar-refractivity contribution in [1.82, 2.24) is 14.7 Å². The van der Waals surface area contributed by atoms with Gasteiger partial charge in [0.25, 0.3) is 0 Å². The topological polar surface area (TPSA) is 93.2 Å². The lowest BCUT2D eigenvalue weighted by molar-refractivity contribution is -0.192. The predicted octanol–water partition coefficient (Wildman–Crippen LogP) is 3.97. The zero-order valence-corrected chi connectivity index (χ0v) is 20.6. The number of alkyl halides is 3. The fourth-order valence-corrected chi connectivity index (χ4v) is 5.23. The molecule has 0 aliphatic carbocycles. The highest BCUT2D eigenvalue weighted by molar-refractivity contribution is 7.09. The number of carboxylic acids is 1. The number of likely N-dealkylation sites (tertiary alicyclic amines) is 1. The molecular weight excluding hydrogens is 497 g/mol. The van der Waals surface area contributed by atoms with Crippen LogP contribution in [0.5, 0.6) is 0 Å². The molecule has 2 aliphatic rings. The van der Waals surface area contributed by atoms with Gasteiger partial charge >= 0.3 is 18.2 Å². The van der Waals surface area contributed by atoms with Crippen molar-refractivity contribution >= 4 is 34.9 Å². The Balaban J connectivity index is 0.000000454. The second-order valence-corrected chi connectivity index (χ2v) is 9.93. The first-order valence-corrected chi connectivity index (χ1v) is 12.3. The molecule has 0 saturated carbocycles. The number of rotatable bonds is 4. The Kier molecular flexibility index (Phi) is 8.96. The van der Waals surface area contributed by atoms with Gasteiger partial charge in [0.15, 0.2) is 0 Å². The largest absolute Gasteiger partial charge is 0.490 e. The number of nitrogens with zero attached hydrogens (tertiary/aromatic N) is 3. The van der Waals surface area contributed by atoms with E-state index in [2.05, 4.69) is 27.7 Å². The average Bonchev–Trinajstić information content (AvgIpc) is 3.39. The molecule has 1 unspecified atom stereocenters. The summed E-state index contributed by atoms with van der Waals surface area (Å²) in [6, 6.07) is 13.7. The molecule has 36 heavy (non-hydrogen) atoms. The zero-order valence-electron chi connectivity index (χ0n) is 19.8. The van der Waals surface area contributed by atoms with Crippen LogP contribution in [0, 0.1) is 5.41 Å². The molecule has 1 atom stereocenters. The van der Waals surface area contributed by atoms with Gasteiger partial charge in [-0.1, -0.05) is 24.3 Å². The van der Waals surface area contributed by atoms with Crippen LogP contribution in [-0.4, -0.2) is 83.2 Å². The summed E-state index contributed by atoms with van der Waals surface area (Å²) in [5.41, 5.74) is 0.582. The van der Waals surface area contributed by atoms with Gasteiger partial charge in [0.2, 0.25) is 5.91 Å². The van der Waals surface area contributed by atoms with Crippen LogP contribution in [0.2, 0.25) is 0 Å². The molecule has 0 radical (unpaired) electrons. The zero-order chi connectivity index (χ0) is 26.3. The molecule has 0 bridgehead atoms. The van der Waals surface area contributed by atoms with E-state index in [1.807, 2.05) is 47.1 Å². The fraction of sp³-hybridized carbons (Fsp3) is 0.458. The number of para-hydroxylation sites is 1. The molecule has 2 saturated heterocycles. The highest BCUT2D eigenvalue weighted by atomic mass is 32.1. The molecule has 196 valence electrons. The van der Waals surface area contributed by atoms with Crippen LogP contribution in [0.1, 0.15) is 18.2 Å². The van der Waals surface area contributed by atoms with Crippen LogP contribution in [0.3, 0.4) is 0 Å². The third-order valence-electron chi connectivity index (χ3n) is 6.07. The van der Waals surface area contributed by atoms with Crippen molar-refractivity contribution < 1.29 is 32.7 Å². The van der Waals surface area contributed by atoms with Gasteiger partial charge < -0.3 is 20.2 Å². The van der Waals surface area contributed by atoms with Gasteiger partial charge in [-0.15, -0.1) is 11.3 Å². The predicted molar refractivity (Wildman–Crippen MR) is 130 cm³/mol. The molecule has 12 heteroatoms. The Morgan fingerprint density at radius 3 is 2.33 bits per heavy atom. The van der Waals surface area contributed by atoms with E-state index in [9.17, 15) is 22.8 Å². The van der Waals surface area contributed by atoms with Gasteiger partial charge in [0.05, 0.1) is 0 Å². The minimum atomic E-state index is -5.08. The summed E-state index contributed by atoms with van der Waals surface area (Å²) >= 11 is 1.76. The Bertz CT molecular complexity index is 1040. The minimum absolute atomic E-state index is 0.0871. The van der Waals surface area contributed by atoms with E-state index < -0.39 is 12.1 Å². The number of urea groups is 1. The Morgan fingerprint density at radius 1 is 1.08 bits per heavy atom. The number of hydrogen-bond donors (Lipinski definition) is 2. The maximum absolute atomic E-state index is 13.0. The van der Waals surface area contributed by atoms with Crippen molar-refractivity contribution in [2.75, 3.05) is 44.6 Å². The first kappa shape index (κ1) is 27.5. The Morgan fingerprint density at radius 2 is 1.78 bits per heavy atom. The summed E-state index contributed by atoms with van der Waals surface area (Å²) in [6.07, 6.45) is -4.57. The molecule has 1 spiro atoms. The number of halogens is 3. The molecule has 4 rings (SSSR count). The van der Waals surface area contributed by atoms with Gasteiger partial charge in [0.1, 0.15) is 0 Å². The number of benzene rings is 1. The Hall–Kier alpha value is -3.12. The van der Waals surface area contributed by atoms with Crippen LogP contribution in [0.15, 0.2) is 47.8 Å². The number of carbonyl (C=O) groups excluding carboxylic acids is 2. The molecule has 3 amide bonds. The SMILES string of the molecule is CCN1CC2(CC1=O)CN(Cc1cccs1)CCN(C(=O)Nc1ccccc1)C2.O=C(O)C(F)(F)F. The average molecular weight is 527 g/mol. The van der Waals surface area contributed by atoms with E-state index in [1.54, 1.807) is 11.3 Å². The Labute approximate surface area is 211 Å². The summed E-state index contributed by atoms with van der Waals surface area (Å²) in [6.45, 7) is 7.25. The molecule has 3 heterocycles. The number of thiophene rings is 1. The molecule has 1 aromatic carbocycles. The highest BCUT2D eigenvalue weighted by Crippen LogP contribution is 2.35. The summed E-state index contributed by atoms with van der Waals surface area (Å²) in [7, 11) is 0. The summed E-state index contributed by atoms with van der Waals surface area (Å²) in [5.74, 6) is -2.55. The monoisotopic (exact) mass is 526 g/mol. The second kappa shape index (κ2) is 11.7. The van der Waals surface area contributed by atoms with Crippen molar-refractivity contribution in [2.45, 2.75) is 26.1 Å². The highest BCUT2D eigenvalue weighted by Gasteiger charge is 2.46. The van der Waals surface area contributed by atoms with Crippen LogP contribution in [-0.2, 0) is 16.1 Å². The van der Waals surface area contributed by atoms with Gasteiger partial charge in [-0.25, -0.2) is 9.59 Å². The first-order chi connectivity index (χ1) is 17.0. The van der Waals surface area contributed by atoms with Crippen LogP contribution < -0.4 is 5.32 Å². The molecule has 2 aliphatic heterocycles. The van der Waals surface area contributed by atoms with Gasteiger partial charge in [-0.2, -0.15) is 13.2 Å². The molecule has 2 N–H and O–H groups in total. The van der Waals surface area contributed by atoms with Crippen LogP contribution in [0.4, 0.5) is 23.7 Å². The lowest BCUT2D eigenvalue weighted by Gasteiger charge is -2.33. The van der Waals surface area contributed by atoms with Crippen LogP contribution >= 0.6 is 11.3 Å². The van der Waals surface area contributed by atoms with Crippen molar-refractivity contribution in [2.24, 2.45) is 5.41 Å². The van der Waals surface area contributed by atoms with E-state index in [1.165, 1.54) is 4.88 Å². The normalized spacial score (nSPS) is 20.6. The minimum Gasteiger partial charge on any atom is -0.475 e. The van der Waals surface area contributed by atoms with E-state index in [-0.39, 0.29) is 17.4 Å². The third-order valence-corrected chi connectivity index (χ3v) is 6.93. The fourth-order valence-electron chi connectivity index (χ4n) is 4.49. The lowest BCUT2D eigenvalue weighted by Crippen LogP contribution is -2.45. The summed E-state index contributed by atoms with van der Waals surface area (Å²) in [4.78, 5) is 42.0. The van der Waals surface area contributed by atoms with Gasteiger partial charge in [-0.3, -0.25) is 9.69 Å². The number of aliphatic carboxylic acids is 1. The van der Waals surface area contributed by atoms with Crippen molar-refractivity contribution in [3.05, 3.63) is 52.7 Å². The first-order valence-electron chi connectivity index (χ1n) is 11.4. The standard InChI is InChI=1S/C22H28N4O2S.C2HF3O2/c1-2-25-16-22(13-20(25)27)15-24(14-19-9-6-12-29-19)10-11-26(17-22)21(28)23-18-7-4-3-5-8-18;3-2(4,5)1(6)7/h3-9,12H,2,10-11,13-17H2,1H3,(H,23,28);(H,6,7). The molecule has 2 fully saturated rings. The number of carboxylic acid groups (broad SMARTS) is 1. The molecule has 1 aromatic heterocycles. The summed E-state index contributed by atoms with van der Waals surface area (Å²) in [5, 5.41) is 12.2. The van der Waals surface area contributed by atoms with Gasteiger partial charge in [0, 0.05) is 68.2 Å². The smallest absolute Gasteiger partial charge is 0.475 e. The molecule has 2 aromatic rings. The maximum Gasteiger partial charge on any atom is 0.490 e. The van der Waals surface area contributed by atoms with E-state index >= 15 is 0 Å². The number of carbonyl (C=O) groups is 3.